The van der Waals surface area contributed by atoms with E-state index in [9.17, 15) is 8.42 Å². The minimum absolute atomic E-state index is 0.0968. The molecule has 0 N–H and O–H groups in total. The van der Waals surface area contributed by atoms with Crippen LogP contribution in [-0.4, -0.2) is 26.8 Å². The Kier molecular flexibility index (Phi) is 4.75. The van der Waals surface area contributed by atoms with Crippen molar-refractivity contribution in [2.45, 2.75) is 43.5 Å². The minimum Gasteiger partial charge on any atom is -0.207 e. The number of hydrogen-bond donors (Lipinski definition) is 0. The van der Waals surface area contributed by atoms with Gasteiger partial charge in [-0.25, -0.2) is 8.42 Å². The van der Waals surface area contributed by atoms with Crippen molar-refractivity contribution in [1.29, 1.82) is 0 Å². The van der Waals surface area contributed by atoms with Crippen LogP contribution in [0.2, 0.25) is 19.6 Å². The van der Waals surface area contributed by atoms with E-state index in [-0.39, 0.29) is 12.1 Å². The molecule has 0 radical (unpaired) electrons. The van der Waals surface area contributed by atoms with Crippen molar-refractivity contribution in [2.75, 3.05) is 0 Å². The van der Waals surface area contributed by atoms with Gasteiger partial charge in [0.2, 0.25) is 10.0 Å². The van der Waals surface area contributed by atoms with Crippen molar-refractivity contribution < 1.29 is 8.42 Å². The zero-order valence-electron chi connectivity index (χ0n) is 15.2. The molecule has 1 fully saturated rings. The average Bonchev–Trinajstić information content (AvgIpc) is 3.29. The predicted molar refractivity (Wildman–Crippen MR) is 106 cm³/mol. The summed E-state index contributed by atoms with van der Waals surface area (Å²) in [7, 11) is -4.89. The van der Waals surface area contributed by atoms with E-state index in [1.54, 1.807) is 16.4 Å². The van der Waals surface area contributed by atoms with E-state index >= 15 is 0 Å². The molecule has 1 unspecified atom stereocenters. The molecule has 1 aliphatic rings. The Labute approximate surface area is 152 Å². The predicted octanol–water partition coefficient (Wildman–Crippen LogP) is 4.54. The summed E-state index contributed by atoms with van der Waals surface area (Å²) in [5.41, 5.74) is 4.33. The molecule has 0 aromatic heterocycles. The number of aryl methyl sites for hydroxylation is 1. The van der Waals surface area contributed by atoms with E-state index in [2.05, 4.69) is 31.4 Å². The SMILES string of the molecule is Cc1ccc(S(=O)(=O)N2[C@@H](/C=C/[Si](C)(C)C)[C@@H]2c2ccccc2)cc1. The first-order valence-corrected chi connectivity index (χ1v) is 13.6. The second kappa shape index (κ2) is 6.55. The van der Waals surface area contributed by atoms with E-state index in [1.807, 2.05) is 49.4 Å². The summed E-state index contributed by atoms with van der Waals surface area (Å²) in [6.45, 7) is 8.72. The summed E-state index contributed by atoms with van der Waals surface area (Å²) >= 11 is 0. The zero-order chi connectivity index (χ0) is 18.2. The molecule has 1 aliphatic heterocycles. The topological polar surface area (TPSA) is 37.1 Å². The summed E-state index contributed by atoms with van der Waals surface area (Å²) < 4.78 is 27.9. The van der Waals surface area contributed by atoms with Crippen molar-refractivity contribution in [1.82, 2.24) is 4.31 Å². The highest BCUT2D eigenvalue weighted by atomic mass is 32.2. The Hall–Kier alpha value is -1.69. The lowest BCUT2D eigenvalue weighted by atomic mass is 10.1. The van der Waals surface area contributed by atoms with Gasteiger partial charge in [-0.3, -0.25) is 0 Å². The smallest absolute Gasteiger partial charge is 0.207 e. The van der Waals surface area contributed by atoms with Gasteiger partial charge in [0.1, 0.15) is 0 Å². The maximum absolute atomic E-state index is 13.1. The Morgan fingerprint density at radius 1 is 0.960 bits per heavy atom. The molecule has 1 heterocycles. The fourth-order valence-corrected chi connectivity index (χ4v) is 5.44. The van der Waals surface area contributed by atoms with E-state index in [4.69, 9.17) is 0 Å². The monoisotopic (exact) mass is 371 g/mol. The summed E-state index contributed by atoms with van der Waals surface area (Å²) in [5, 5.41) is 0. The first-order chi connectivity index (χ1) is 11.7. The van der Waals surface area contributed by atoms with Crippen LogP contribution in [0.15, 0.2) is 71.3 Å². The molecule has 0 bridgehead atoms. The number of rotatable bonds is 5. The van der Waals surface area contributed by atoms with Gasteiger partial charge < -0.3 is 0 Å². The van der Waals surface area contributed by atoms with Crippen LogP contribution in [0.3, 0.4) is 0 Å². The lowest BCUT2D eigenvalue weighted by Crippen LogP contribution is -2.17. The fourth-order valence-electron chi connectivity index (χ4n) is 2.94. The lowest BCUT2D eigenvalue weighted by molar-refractivity contribution is 0.550. The molecule has 132 valence electrons. The molecule has 2 aromatic carbocycles. The summed E-state index contributed by atoms with van der Waals surface area (Å²) in [4.78, 5) is 0.364. The van der Waals surface area contributed by atoms with E-state index in [1.165, 1.54) is 0 Å². The molecule has 25 heavy (non-hydrogen) atoms. The van der Waals surface area contributed by atoms with Crippen LogP contribution in [0, 0.1) is 6.92 Å². The Bertz CT molecular complexity index is 868. The summed E-state index contributed by atoms with van der Waals surface area (Å²) in [6.07, 6.45) is 2.09. The van der Waals surface area contributed by atoms with Gasteiger partial charge in [0, 0.05) is 0 Å². The maximum Gasteiger partial charge on any atom is 0.244 e. The molecular formula is C20H25NO2SSi. The Balaban J connectivity index is 1.96. The standard InChI is InChI=1S/C20H25NO2SSi/c1-16-10-12-18(13-11-16)24(22,23)21-19(14-15-25(2,3)4)20(21)17-8-6-5-7-9-17/h5-15,19-20H,1-4H3/b15-14+/t19-,20-,21?/m0/s1. The highest BCUT2D eigenvalue weighted by Gasteiger charge is 2.54. The van der Waals surface area contributed by atoms with Crippen LogP contribution in [0.5, 0.6) is 0 Å². The van der Waals surface area contributed by atoms with Gasteiger partial charge in [0.25, 0.3) is 0 Å². The normalized spacial score (nSPS) is 23.8. The Morgan fingerprint density at radius 3 is 2.12 bits per heavy atom. The molecule has 1 saturated heterocycles. The highest BCUT2D eigenvalue weighted by molar-refractivity contribution is 7.89. The second-order valence-electron chi connectivity index (χ2n) is 7.72. The molecule has 0 aliphatic carbocycles. The summed E-state index contributed by atoms with van der Waals surface area (Å²) in [5.74, 6) is 0. The third kappa shape index (κ3) is 3.94. The van der Waals surface area contributed by atoms with Crippen molar-refractivity contribution in [3.8, 4) is 0 Å². The lowest BCUT2D eigenvalue weighted by Gasteiger charge is -2.08. The quantitative estimate of drug-likeness (QED) is 0.571. The molecule has 3 atom stereocenters. The zero-order valence-corrected chi connectivity index (χ0v) is 17.0. The third-order valence-corrected chi connectivity index (χ3v) is 7.42. The van der Waals surface area contributed by atoms with Gasteiger partial charge in [0.05, 0.1) is 25.1 Å². The molecule has 3 nitrogen and oxygen atoms in total. The maximum atomic E-state index is 13.1. The molecular weight excluding hydrogens is 346 g/mol. The van der Waals surface area contributed by atoms with Gasteiger partial charge in [-0.15, -0.1) is 0 Å². The van der Waals surface area contributed by atoms with Gasteiger partial charge >= 0.3 is 0 Å². The molecule has 3 rings (SSSR count). The van der Waals surface area contributed by atoms with E-state index in [0.29, 0.717) is 4.90 Å². The highest BCUT2D eigenvalue weighted by Crippen LogP contribution is 2.48. The van der Waals surface area contributed by atoms with Gasteiger partial charge in [-0.05, 0) is 24.6 Å². The molecule has 5 heteroatoms. The van der Waals surface area contributed by atoms with E-state index < -0.39 is 18.1 Å². The molecule has 0 saturated carbocycles. The van der Waals surface area contributed by atoms with Gasteiger partial charge in [0.15, 0.2) is 0 Å². The third-order valence-electron chi connectivity index (χ3n) is 4.33. The number of benzene rings is 2. The van der Waals surface area contributed by atoms with Crippen LogP contribution < -0.4 is 0 Å². The number of nitrogens with zero attached hydrogens (tertiary/aromatic N) is 1. The largest absolute Gasteiger partial charge is 0.244 e. The molecule has 0 amide bonds. The first kappa shape index (κ1) is 18.1. The number of hydrogen-bond acceptors (Lipinski definition) is 2. The average molecular weight is 372 g/mol. The van der Waals surface area contributed by atoms with Gasteiger partial charge in [-0.1, -0.05) is 79.4 Å². The second-order valence-corrected chi connectivity index (χ2v) is 14.6. The molecule has 0 spiro atoms. The van der Waals surface area contributed by atoms with E-state index in [0.717, 1.165) is 11.1 Å². The van der Waals surface area contributed by atoms with Crippen molar-refractivity contribution in [3.05, 3.63) is 77.5 Å². The summed E-state index contributed by atoms with van der Waals surface area (Å²) in [6, 6.07) is 16.8. The van der Waals surface area contributed by atoms with Crippen molar-refractivity contribution in [2.24, 2.45) is 0 Å². The van der Waals surface area contributed by atoms with Crippen LogP contribution in [0.1, 0.15) is 17.2 Å². The van der Waals surface area contributed by atoms with Crippen molar-refractivity contribution in [3.63, 3.8) is 0 Å². The van der Waals surface area contributed by atoms with Crippen LogP contribution in [0.25, 0.3) is 0 Å². The molecule has 2 aromatic rings. The number of sulfonamides is 1. The minimum atomic E-state index is -3.50. The fraction of sp³-hybridized carbons (Fsp3) is 0.300. The van der Waals surface area contributed by atoms with Gasteiger partial charge in [-0.2, -0.15) is 4.31 Å². The first-order valence-electron chi connectivity index (χ1n) is 8.55. The van der Waals surface area contributed by atoms with Crippen LogP contribution >= 0.6 is 0 Å². The Morgan fingerprint density at radius 2 is 1.56 bits per heavy atom. The van der Waals surface area contributed by atoms with Crippen LogP contribution in [-0.2, 0) is 10.0 Å². The van der Waals surface area contributed by atoms with Crippen LogP contribution in [0.4, 0.5) is 0 Å². The van der Waals surface area contributed by atoms with Crippen molar-refractivity contribution >= 4 is 18.1 Å².